The highest BCUT2D eigenvalue weighted by Crippen LogP contribution is 2.26. The monoisotopic (exact) mass is 239 g/mol. The minimum Gasteiger partial charge on any atom is -0.354 e. The Hall–Kier alpha value is -0.610. The molecule has 17 heavy (non-hydrogen) atoms. The van der Waals surface area contributed by atoms with E-state index in [2.05, 4.69) is 29.6 Å². The van der Waals surface area contributed by atoms with Crippen molar-refractivity contribution in [2.45, 2.75) is 44.2 Å². The first-order valence-electron chi connectivity index (χ1n) is 6.85. The second-order valence-electron chi connectivity index (χ2n) is 5.70. The van der Waals surface area contributed by atoms with Crippen LogP contribution in [-0.2, 0) is 4.79 Å². The molecule has 1 heterocycles. The molecule has 2 fully saturated rings. The SMILES string of the molecule is CN(C)CCC1CNC(=O)C2CCCCC2N1. The lowest BCUT2D eigenvalue weighted by Gasteiger charge is -2.30. The Kier molecular flexibility index (Phi) is 4.40. The first-order valence-corrected chi connectivity index (χ1v) is 6.85. The normalized spacial score (nSPS) is 34.1. The van der Waals surface area contributed by atoms with Crippen molar-refractivity contribution < 1.29 is 4.79 Å². The number of amides is 1. The standard InChI is InChI=1S/C13H25N3O/c1-16(2)8-7-10-9-14-13(17)11-5-3-4-6-12(11)15-10/h10-12,15H,3-9H2,1-2H3,(H,14,17). The first-order chi connectivity index (χ1) is 8.16. The maximum atomic E-state index is 12.0. The minimum atomic E-state index is 0.216. The van der Waals surface area contributed by atoms with Crippen LogP contribution in [0.1, 0.15) is 32.1 Å². The van der Waals surface area contributed by atoms with E-state index in [9.17, 15) is 4.79 Å². The van der Waals surface area contributed by atoms with Crippen molar-refractivity contribution in [2.75, 3.05) is 27.2 Å². The van der Waals surface area contributed by atoms with Crippen LogP contribution in [-0.4, -0.2) is 50.1 Å². The molecule has 0 aromatic rings. The number of carbonyl (C=O) groups excluding carboxylic acids is 1. The molecule has 4 heteroatoms. The lowest BCUT2D eigenvalue weighted by molar-refractivity contribution is -0.126. The summed E-state index contributed by atoms with van der Waals surface area (Å²) in [5.74, 6) is 0.489. The molecule has 0 bridgehead atoms. The molecule has 4 nitrogen and oxygen atoms in total. The van der Waals surface area contributed by atoms with Crippen molar-refractivity contribution in [2.24, 2.45) is 5.92 Å². The summed E-state index contributed by atoms with van der Waals surface area (Å²) in [6.45, 7) is 1.87. The van der Waals surface area contributed by atoms with Gasteiger partial charge < -0.3 is 15.5 Å². The molecule has 1 amide bonds. The van der Waals surface area contributed by atoms with Gasteiger partial charge in [0.15, 0.2) is 0 Å². The second-order valence-corrected chi connectivity index (χ2v) is 5.70. The fraction of sp³-hybridized carbons (Fsp3) is 0.923. The van der Waals surface area contributed by atoms with Gasteiger partial charge in [-0.1, -0.05) is 12.8 Å². The molecule has 3 unspecified atom stereocenters. The van der Waals surface area contributed by atoms with Crippen LogP contribution in [0.15, 0.2) is 0 Å². The molecule has 0 aromatic heterocycles. The second kappa shape index (κ2) is 5.83. The van der Waals surface area contributed by atoms with E-state index in [4.69, 9.17) is 0 Å². The molecule has 1 saturated heterocycles. The maximum Gasteiger partial charge on any atom is 0.224 e. The highest BCUT2D eigenvalue weighted by molar-refractivity contribution is 5.79. The Morgan fingerprint density at radius 1 is 1.29 bits per heavy atom. The molecule has 2 N–H and O–H groups in total. The van der Waals surface area contributed by atoms with Gasteiger partial charge >= 0.3 is 0 Å². The van der Waals surface area contributed by atoms with E-state index in [0.29, 0.717) is 12.1 Å². The molecule has 0 radical (unpaired) electrons. The number of fused-ring (bicyclic) bond motifs is 1. The summed E-state index contributed by atoms with van der Waals surface area (Å²) in [5, 5.41) is 6.79. The van der Waals surface area contributed by atoms with Crippen molar-refractivity contribution >= 4 is 5.91 Å². The van der Waals surface area contributed by atoms with E-state index >= 15 is 0 Å². The number of nitrogens with one attached hydrogen (secondary N) is 2. The van der Waals surface area contributed by atoms with E-state index < -0.39 is 0 Å². The topological polar surface area (TPSA) is 44.4 Å². The van der Waals surface area contributed by atoms with Gasteiger partial charge in [0.1, 0.15) is 0 Å². The number of hydrogen-bond acceptors (Lipinski definition) is 3. The molecule has 98 valence electrons. The summed E-state index contributed by atoms with van der Waals surface area (Å²) in [4.78, 5) is 14.2. The predicted octanol–water partition coefficient (Wildman–Crippen LogP) is 0.585. The lowest BCUT2D eigenvalue weighted by Crippen LogP contribution is -2.45. The number of rotatable bonds is 3. The predicted molar refractivity (Wildman–Crippen MR) is 68.9 cm³/mol. The molecule has 1 saturated carbocycles. The van der Waals surface area contributed by atoms with Crippen LogP contribution in [0.3, 0.4) is 0 Å². The lowest BCUT2D eigenvalue weighted by atomic mass is 9.84. The van der Waals surface area contributed by atoms with Crippen LogP contribution >= 0.6 is 0 Å². The maximum absolute atomic E-state index is 12.0. The Balaban J connectivity index is 1.92. The molecule has 3 atom stereocenters. The fourth-order valence-electron chi connectivity index (χ4n) is 2.96. The number of nitrogens with zero attached hydrogens (tertiary/aromatic N) is 1. The van der Waals surface area contributed by atoms with Crippen molar-refractivity contribution in [1.29, 1.82) is 0 Å². The molecule has 1 aliphatic carbocycles. The summed E-state index contributed by atoms with van der Waals surface area (Å²) in [6, 6.07) is 0.855. The molecule has 1 aliphatic heterocycles. The van der Waals surface area contributed by atoms with Crippen molar-refractivity contribution in [3.8, 4) is 0 Å². The van der Waals surface area contributed by atoms with E-state index in [-0.39, 0.29) is 11.8 Å². The summed E-state index contributed by atoms with van der Waals surface area (Å²) in [6.07, 6.45) is 5.80. The average molecular weight is 239 g/mol. The quantitative estimate of drug-likeness (QED) is 0.757. The van der Waals surface area contributed by atoms with Crippen molar-refractivity contribution in [3.63, 3.8) is 0 Å². The highest BCUT2D eigenvalue weighted by atomic mass is 16.2. The first kappa shape index (κ1) is 12.8. The van der Waals surface area contributed by atoms with Gasteiger partial charge in [-0.15, -0.1) is 0 Å². The van der Waals surface area contributed by atoms with Gasteiger partial charge in [-0.3, -0.25) is 4.79 Å². The Morgan fingerprint density at radius 3 is 2.82 bits per heavy atom. The van der Waals surface area contributed by atoms with Gasteiger partial charge in [0.05, 0.1) is 5.92 Å². The van der Waals surface area contributed by atoms with E-state index in [1.807, 2.05) is 0 Å². The van der Waals surface area contributed by atoms with E-state index in [1.165, 1.54) is 12.8 Å². The van der Waals surface area contributed by atoms with E-state index in [0.717, 1.165) is 32.4 Å². The van der Waals surface area contributed by atoms with Gasteiger partial charge in [0, 0.05) is 18.6 Å². The summed E-state index contributed by atoms with van der Waals surface area (Å²) in [5.41, 5.74) is 0. The zero-order valence-corrected chi connectivity index (χ0v) is 11.0. The Labute approximate surface area is 104 Å². The smallest absolute Gasteiger partial charge is 0.224 e. The van der Waals surface area contributed by atoms with Crippen LogP contribution in [0.4, 0.5) is 0 Å². The Morgan fingerprint density at radius 2 is 2.06 bits per heavy atom. The van der Waals surface area contributed by atoms with Gasteiger partial charge in [-0.25, -0.2) is 0 Å². The molecule has 2 rings (SSSR count). The van der Waals surface area contributed by atoms with Gasteiger partial charge in [-0.05, 0) is 39.9 Å². The van der Waals surface area contributed by atoms with Crippen LogP contribution in [0.5, 0.6) is 0 Å². The van der Waals surface area contributed by atoms with Crippen LogP contribution < -0.4 is 10.6 Å². The highest BCUT2D eigenvalue weighted by Gasteiger charge is 2.34. The van der Waals surface area contributed by atoms with Crippen LogP contribution in [0, 0.1) is 5.92 Å². The zero-order valence-electron chi connectivity index (χ0n) is 11.0. The van der Waals surface area contributed by atoms with Gasteiger partial charge in [0.25, 0.3) is 0 Å². The minimum absolute atomic E-state index is 0.216. The third-order valence-electron chi connectivity index (χ3n) is 4.00. The third kappa shape index (κ3) is 3.42. The summed E-state index contributed by atoms with van der Waals surface area (Å²) >= 11 is 0. The summed E-state index contributed by atoms with van der Waals surface area (Å²) < 4.78 is 0. The molecule has 0 aromatic carbocycles. The zero-order chi connectivity index (χ0) is 12.3. The molecule has 2 aliphatic rings. The fourth-order valence-corrected chi connectivity index (χ4v) is 2.96. The van der Waals surface area contributed by atoms with Crippen LogP contribution in [0.25, 0.3) is 0 Å². The molecular weight excluding hydrogens is 214 g/mol. The molecule has 0 spiro atoms. The third-order valence-corrected chi connectivity index (χ3v) is 4.00. The molecular formula is C13H25N3O. The van der Waals surface area contributed by atoms with E-state index in [1.54, 1.807) is 0 Å². The van der Waals surface area contributed by atoms with Gasteiger partial charge in [-0.2, -0.15) is 0 Å². The number of carbonyl (C=O) groups is 1. The van der Waals surface area contributed by atoms with Crippen molar-refractivity contribution in [3.05, 3.63) is 0 Å². The van der Waals surface area contributed by atoms with Gasteiger partial charge in [0.2, 0.25) is 5.91 Å². The van der Waals surface area contributed by atoms with Crippen molar-refractivity contribution in [1.82, 2.24) is 15.5 Å². The Bertz CT molecular complexity index is 267. The number of hydrogen-bond donors (Lipinski definition) is 2. The average Bonchev–Trinajstić information content (AvgIpc) is 2.47. The largest absolute Gasteiger partial charge is 0.354 e. The van der Waals surface area contributed by atoms with Crippen LogP contribution in [0.2, 0.25) is 0 Å². The summed E-state index contributed by atoms with van der Waals surface area (Å²) in [7, 11) is 4.19.